The number of imidazole rings is 1. The minimum Gasteiger partial charge on any atom is -0.481 e. The predicted molar refractivity (Wildman–Crippen MR) is 76.1 cm³/mol. The van der Waals surface area contributed by atoms with Crippen LogP contribution in [-0.4, -0.2) is 21.0 Å². The van der Waals surface area contributed by atoms with Crippen LogP contribution in [0, 0.1) is 0 Å². The summed E-state index contributed by atoms with van der Waals surface area (Å²) in [6, 6.07) is 0. The molecule has 0 aliphatic heterocycles. The fourth-order valence-corrected chi connectivity index (χ4v) is 2.24. The Bertz CT molecular complexity index is 323. The number of nitrogens with one attached hydrogen (secondary N) is 1. The number of rotatable bonds is 12. The first-order chi connectivity index (χ1) is 9.29. The largest absolute Gasteiger partial charge is 0.481 e. The number of aromatic amines is 1. The Balaban J connectivity index is 1.75. The molecule has 4 nitrogen and oxygen atoms in total. The van der Waals surface area contributed by atoms with Gasteiger partial charge in [-0.3, -0.25) is 4.79 Å². The molecule has 1 rings (SSSR count). The molecule has 0 atom stereocenters. The van der Waals surface area contributed by atoms with Crippen LogP contribution in [0.2, 0.25) is 0 Å². The lowest BCUT2D eigenvalue weighted by atomic mass is 10.1. The van der Waals surface area contributed by atoms with Crippen LogP contribution in [0.1, 0.15) is 70.0 Å². The molecule has 1 aromatic rings. The summed E-state index contributed by atoms with van der Waals surface area (Å²) in [7, 11) is 0. The number of carbonyl (C=O) groups is 1. The van der Waals surface area contributed by atoms with Crippen LogP contribution < -0.4 is 0 Å². The smallest absolute Gasteiger partial charge is 0.303 e. The fraction of sp³-hybridized carbons (Fsp3) is 0.733. The quantitative estimate of drug-likeness (QED) is 0.563. The van der Waals surface area contributed by atoms with Crippen LogP contribution in [0.5, 0.6) is 0 Å². The van der Waals surface area contributed by atoms with Gasteiger partial charge >= 0.3 is 5.97 Å². The van der Waals surface area contributed by atoms with Crippen molar-refractivity contribution in [2.45, 2.75) is 70.6 Å². The molecule has 0 radical (unpaired) electrons. The number of carboxylic acids is 1. The molecule has 19 heavy (non-hydrogen) atoms. The lowest BCUT2D eigenvalue weighted by Gasteiger charge is -2.01. The number of H-pyrrole nitrogens is 1. The van der Waals surface area contributed by atoms with E-state index in [1.54, 1.807) is 6.20 Å². The van der Waals surface area contributed by atoms with E-state index < -0.39 is 5.97 Å². The summed E-state index contributed by atoms with van der Waals surface area (Å²) in [5.74, 6) is 0.426. The summed E-state index contributed by atoms with van der Waals surface area (Å²) in [6.45, 7) is 0. The van der Waals surface area contributed by atoms with E-state index in [0.717, 1.165) is 25.1 Å². The van der Waals surface area contributed by atoms with E-state index >= 15 is 0 Å². The van der Waals surface area contributed by atoms with Crippen LogP contribution in [-0.2, 0) is 11.2 Å². The second-order valence-corrected chi connectivity index (χ2v) is 5.11. The van der Waals surface area contributed by atoms with Gasteiger partial charge in [0.25, 0.3) is 0 Å². The van der Waals surface area contributed by atoms with Crippen molar-refractivity contribution in [2.75, 3.05) is 0 Å². The third-order valence-corrected chi connectivity index (χ3v) is 3.36. The lowest BCUT2D eigenvalue weighted by molar-refractivity contribution is -0.137. The molecule has 0 aliphatic carbocycles. The molecule has 1 heterocycles. The zero-order chi connectivity index (χ0) is 13.8. The van der Waals surface area contributed by atoms with Crippen molar-refractivity contribution >= 4 is 5.97 Å². The molecule has 0 saturated heterocycles. The molecule has 0 aromatic carbocycles. The van der Waals surface area contributed by atoms with Gasteiger partial charge in [-0.15, -0.1) is 0 Å². The summed E-state index contributed by atoms with van der Waals surface area (Å²) in [5.41, 5.74) is 0. The average Bonchev–Trinajstić information content (AvgIpc) is 2.88. The third kappa shape index (κ3) is 9.28. The van der Waals surface area contributed by atoms with Crippen LogP contribution in [0.3, 0.4) is 0 Å². The maximum Gasteiger partial charge on any atom is 0.303 e. The number of hydrogen-bond donors (Lipinski definition) is 2. The second-order valence-electron chi connectivity index (χ2n) is 5.11. The first-order valence-electron chi connectivity index (χ1n) is 7.49. The minimum atomic E-state index is -0.670. The average molecular weight is 266 g/mol. The van der Waals surface area contributed by atoms with Crippen LogP contribution in [0.25, 0.3) is 0 Å². The van der Waals surface area contributed by atoms with Gasteiger partial charge in [-0.2, -0.15) is 0 Å². The van der Waals surface area contributed by atoms with Crippen molar-refractivity contribution in [3.8, 4) is 0 Å². The van der Waals surface area contributed by atoms with Gasteiger partial charge in [0.1, 0.15) is 5.82 Å². The molecule has 0 unspecified atom stereocenters. The normalized spacial score (nSPS) is 10.7. The number of hydrogen-bond acceptors (Lipinski definition) is 2. The van der Waals surface area contributed by atoms with Crippen molar-refractivity contribution in [1.82, 2.24) is 9.97 Å². The van der Waals surface area contributed by atoms with Crippen LogP contribution >= 0.6 is 0 Å². The topological polar surface area (TPSA) is 66.0 Å². The molecule has 108 valence electrons. The molecule has 0 bridgehead atoms. The maximum atomic E-state index is 10.3. The van der Waals surface area contributed by atoms with Crippen LogP contribution in [0.4, 0.5) is 0 Å². The Hall–Kier alpha value is -1.32. The Morgan fingerprint density at radius 1 is 1.00 bits per heavy atom. The van der Waals surface area contributed by atoms with E-state index in [4.69, 9.17) is 5.11 Å². The number of aromatic nitrogens is 2. The number of carboxylic acid groups (broad SMARTS) is 1. The standard InChI is InChI=1S/C15H26N2O2/c18-15(19)11-9-7-5-3-1-2-4-6-8-10-14-16-12-13-17-14/h12-13H,1-11H2,(H,16,17)(H,18,19). The van der Waals surface area contributed by atoms with E-state index in [-0.39, 0.29) is 0 Å². The summed E-state index contributed by atoms with van der Waals surface area (Å²) < 4.78 is 0. The molecule has 2 N–H and O–H groups in total. The van der Waals surface area contributed by atoms with E-state index in [1.165, 1.54) is 44.9 Å². The van der Waals surface area contributed by atoms with Gasteiger partial charge in [0.05, 0.1) is 0 Å². The fourth-order valence-electron chi connectivity index (χ4n) is 2.24. The Kier molecular flexibility index (Phi) is 8.77. The summed E-state index contributed by atoms with van der Waals surface area (Å²) >= 11 is 0. The van der Waals surface area contributed by atoms with Gasteiger partial charge in [0.15, 0.2) is 0 Å². The second kappa shape index (κ2) is 10.6. The summed E-state index contributed by atoms with van der Waals surface area (Å²) in [5, 5.41) is 8.50. The number of aliphatic carboxylic acids is 1. The van der Waals surface area contributed by atoms with Crippen molar-refractivity contribution in [1.29, 1.82) is 0 Å². The molecular formula is C15H26N2O2. The summed E-state index contributed by atoms with van der Waals surface area (Å²) in [4.78, 5) is 17.6. The van der Waals surface area contributed by atoms with Crippen molar-refractivity contribution in [2.24, 2.45) is 0 Å². The highest BCUT2D eigenvalue weighted by molar-refractivity contribution is 5.66. The van der Waals surface area contributed by atoms with E-state index in [1.807, 2.05) is 6.20 Å². The molecule has 0 fully saturated rings. The van der Waals surface area contributed by atoms with Crippen molar-refractivity contribution in [3.63, 3.8) is 0 Å². The minimum absolute atomic E-state index is 0.326. The highest BCUT2D eigenvalue weighted by Gasteiger charge is 1.97. The van der Waals surface area contributed by atoms with Gasteiger partial charge < -0.3 is 10.1 Å². The number of aryl methyl sites for hydroxylation is 1. The molecule has 0 spiro atoms. The zero-order valence-electron chi connectivity index (χ0n) is 11.7. The van der Waals surface area contributed by atoms with E-state index in [9.17, 15) is 4.79 Å². The van der Waals surface area contributed by atoms with Gasteiger partial charge in [-0.25, -0.2) is 4.98 Å². The van der Waals surface area contributed by atoms with Gasteiger partial charge in [-0.05, 0) is 12.8 Å². The van der Waals surface area contributed by atoms with Gasteiger partial charge in [0, 0.05) is 25.2 Å². The Morgan fingerprint density at radius 3 is 2.11 bits per heavy atom. The number of unbranched alkanes of at least 4 members (excludes halogenated alkanes) is 8. The maximum absolute atomic E-state index is 10.3. The molecule has 1 aromatic heterocycles. The number of nitrogens with zero attached hydrogens (tertiary/aromatic N) is 1. The summed E-state index contributed by atoms with van der Waals surface area (Å²) in [6.07, 6.45) is 15.8. The van der Waals surface area contributed by atoms with Crippen LogP contribution in [0.15, 0.2) is 12.4 Å². The third-order valence-electron chi connectivity index (χ3n) is 3.36. The molecule has 4 heteroatoms. The SMILES string of the molecule is O=C(O)CCCCCCCCCCCc1ncc[nH]1. The predicted octanol–water partition coefficient (Wildman–Crippen LogP) is 3.94. The van der Waals surface area contributed by atoms with E-state index in [0.29, 0.717) is 6.42 Å². The lowest BCUT2D eigenvalue weighted by Crippen LogP contribution is -1.93. The molecule has 0 aliphatic rings. The molecule has 0 saturated carbocycles. The Labute approximate surface area is 115 Å². The Morgan fingerprint density at radius 2 is 1.58 bits per heavy atom. The van der Waals surface area contributed by atoms with E-state index in [2.05, 4.69) is 9.97 Å². The first-order valence-corrected chi connectivity index (χ1v) is 7.49. The molecule has 0 amide bonds. The van der Waals surface area contributed by atoms with Crippen molar-refractivity contribution < 1.29 is 9.90 Å². The van der Waals surface area contributed by atoms with Crippen molar-refractivity contribution in [3.05, 3.63) is 18.2 Å². The zero-order valence-corrected chi connectivity index (χ0v) is 11.7. The molecular weight excluding hydrogens is 240 g/mol. The first kappa shape index (κ1) is 15.7. The highest BCUT2D eigenvalue weighted by Crippen LogP contribution is 2.11. The van der Waals surface area contributed by atoms with Gasteiger partial charge in [-0.1, -0.05) is 44.9 Å². The van der Waals surface area contributed by atoms with Gasteiger partial charge in [0.2, 0.25) is 0 Å². The highest BCUT2D eigenvalue weighted by atomic mass is 16.4. The monoisotopic (exact) mass is 266 g/mol.